The number of aryl methyl sites for hydroxylation is 1. The van der Waals surface area contributed by atoms with Crippen molar-refractivity contribution in [2.24, 2.45) is 0 Å². The van der Waals surface area contributed by atoms with Crippen molar-refractivity contribution >= 4 is 11.5 Å². The normalized spacial score (nSPS) is 18.1. The molecular formula is C19H24N8. The molecule has 140 valence electrons. The summed E-state index contributed by atoms with van der Waals surface area (Å²) in [6.07, 6.45) is 7.19. The van der Waals surface area contributed by atoms with E-state index in [2.05, 4.69) is 43.1 Å². The fourth-order valence-electron chi connectivity index (χ4n) is 3.76. The Balaban J connectivity index is 1.27. The zero-order valence-corrected chi connectivity index (χ0v) is 15.8. The van der Waals surface area contributed by atoms with Crippen molar-refractivity contribution in [3.05, 3.63) is 41.7 Å². The van der Waals surface area contributed by atoms with Crippen molar-refractivity contribution in [2.45, 2.75) is 44.7 Å². The van der Waals surface area contributed by atoms with Gasteiger partial charge in [0, 0.05) is 44.0 Å². The van der Waals surface area contributed by atoms with Crippen LogP contribution in [0.2, 0.25) is 0 Å². The van der Waals surface area contributed by atoms with Gasteiger partial charge in [-0.05, 0) is 38.9 Å². The predicted molar refractivity (Wildman–Crippen MR) is 102 cm³/mol. The van der Waals surface area contributed by atoms with E-state index in [1.807, 2.05) is 17.5 Å². The lowest BCUT2D eigenvalue weighted by molar-refractivity contribution is 0.194. The Morgan fingerprint density at radius 3 is 2.67 bits per heavy atom. The molecule has 4 heterocycles. The lowest BCUT2D eigenvalue weighted by atomic mass is 9.85. The van der Waals surface area contributed by atoms with Gasteiger partial charge in [-0.15, -0.1) is 15.3 Å². The van der Waals surface area contributed by atoms with Gasteiger partial charge in [-0.1, -0.05) is 6.42 Å². The standard InChI is InChI=1S/C19H24N8/c1-13-16(21-9-8-20-13)12-25(2)15-10-26(11-15)18-7-6-17-22-23-19(27(17)24-18)14-4-3-5-14/h6-9,14-15H,3-5,10-12H2,1-2H3. The molecule has 2 aliphatic rings. The Morgan fingerprint density at radius 2 is 1.93 bits per heavy atom. The van der Waals surface area contributed by atoms with Gasteiger partial charge in [0.25, 0.3) is 0 Å². The number of hydrogen-bond donors (Lipinski definition) is 0. The van der Waals surface area contributed by atoms with Crippen molar-refractivity contribution < 1.29 is 0 Å². The first-order valence-corrected chi connectivity index (χ1v) is 9.63. The van der Waals surface area contributed by atoms with E-state index >= 15 is 0 Å². The van der Waals surface area contributed by atoms with Crippen molar-refractivity contribution in [2.75, 3.05) is 25.0 Å². The number of rotatable bonds is 5. The number of fused-ring (bicyclic) bond motifs is 1. The van der Waals surface area contributed by atoms with Gasteiger partial charge < -0.3 is 4.90 Å². The summed E-state index contributed by atoms with van der Waals surface area (Å²) in [4.78, 5) is 13.5. The van der Waals surface area contributed by atoms with E-state index in [-0.39, 0.29) is 0 Å². The van der Waals surface area contributed by atoms with Crippen LogP contribution in [0.3, 0.4) is 0 Å². The summed E-state index contributed by atoms with van der Waals surface area (Å²) in [7, 11) is 2.15. The van der Waals surface area contributed by atoms with E-state index in [1.54, 1.807) is 12.4 Å². The van der Waals surface area contributed by atoms with Crippen LogP contribution in [0.5, 0.6) is 0 Å². The lowest BCUT2D eigenvalue weighted by Crippen LogP contribution is -2.58. The van der Waals surface area contributed by atoms with Gasteiger partial charge in [-0.3, -0.25) is 14.9 Å². The third kappa shape index (κ3) is 2.93. The highest BCUT2D eigenvalue weighted by molar-refractivity contribution is 5.48. The second-order valence-electron chi connectivity index (χ2n) is 7.71. The SMILES string of the molecule is Cc1nccnc1CN(C)C1CN(c2ccc3nnc(C4CCC4)n3n2)C1. The van der Waals surface area contributed by atoms with Crippen LogP contribution in [0.15, 0.2) is 24.5 Å². The van der Waals surface area contributed by atoms with Gasteiger partial charge >= 0.3 is 0 Å². The van der Waals surface area contributed by atoms with Crippen molar-refractivity contribution in [1.29, 1.82) is 0 Å². The average Bonchev–Trinajstić information content (AvgIpc) is 2.97. The summed E-state index contributed by atoms with van der Waals surface area (Å²) in [5.74, 6) is 2.54. The van der Waals surface area contributed by atoms with Gasteiger partial charge in [-0.2, -0.15) is 4.52 Å². The Bertz CT molecular complexity index is 957. The van der Waals surface area contributed by atoms with Crippen molar-refractivity contribution in [1.82, 2.24) is 34.7 Å². The molecule has 1 aliphatic heterocycles. The number of likely N-dealkylation sites (N-methyl/N-ethyl adjacent to an activating group) is 1. The molecule has 8 heteroatoms. The van der Waals surface area contributed by atoms with Crippen LogP contribution in [0, 0.1) is 6.92 Å². The van der Waals surface area contributed by atoms with Gasteiger partial charge in [-0.25, -0.2) is 0 Å². The van der Waals surface area contributed by atoms with Crippen molar-refractivity contribution in [3.63, 3.8) is 0 Å². The second kappa shape index (κ2) is 6.53. The monoisotopic (exact) mass is 364 g/mol. The Hall–Kier alpha value is -2.61. The second-order valence-corrected chi connectivity index (χ2v) is 7.71. The maximum atomic E-state index is 4.83. The topological polar surface area (TPSA) is 75.3 Å². The number of aromatic nitrogens is 6. The van der Waals surface area contributed by atoms with E-state index in [9.17, 15) is 0 Å². The molecule has 0 radical (unpaired) electrons. The molecular weight excluding hydrogens is 340 g/mol. The zero-order chi connectivity index (χ0) is 18.4. The summed E-state index contributed by atoms with van der Waals surface area (Å²) in [6.45, 7) is 4.77. The van der Waals surface area contributed by atoms with Crippen LogP contribution in [-0.2, 0) is 6.54 Å². The van der Waals surface area contributed by atoms with E-state index in [4.69, 9.17) is 5.10 Å². The molecule has 0 amide bonds. The minimum Gasteiger partial charge on any atom is -0.352 e. The van der Waals surface area contributed by atoms with Crippen LogP contribution in [0.1, 0.15) is 42.4 Å². The highest BCUT2D eigenvalue weighted by atomic mass is 15.4. The average molecular weight is 364 g/mol. The summed E-state index contributed by atoms with van der Waals surface area (Å²) in [6, 6.07) is 4.57. The maximum absolute atomic E-state index is 4.83. The molecule has 3 aromatic rings. The molecule has 3 aromatic heterocycles. The summed E-state index contributed by atoms with van der Waals surface area (Å²) < 4.78 is 1.94. The smallest absolute Gasteiger partial charge is 0.178 e. The molecule has 1 saturated carbocycles. The molecule has 0 bridgehead atoms. The van der Waals surface area contributed by atoms with Gasteiger partial charge in [0.15, 0.2) is 11.5 Å². The number of anilines is 1. The molecule has 2 fully saturated rings. The minimum atomic E-state index is 0.496. The van der Waals surface area contributed by atoms with Gasteiger partial charge in [0.05, 0.1) is 11.4 Å². The Labute approximate surface area is 158 Å². The molecule has 5 rings (SSSR count). The van der Waals surface area contributed by atoms with E-state index in [1.165, 1.54) is 19.3 Å². The van der Waals surface area contributed by atoms with Crippen LogP contribution >= 0.6 is 0 Å². The van der Waals surface area contributed by atoms with Crippen LogP contribution in [0.25, 0.3) is 5.65 Å². The molecule has 1 saturated heterocycles. The molecule has 1 aliphatic carbocycles. The highest BCUT2D eigenvalue weighted by Crippen LogP contribution is 2.35. The van der Waals surface area contributed by atoms with Gasteiger partial charge in [0.1, 0.15) is 5.82 Å². The van der Waals surface area contributed by atoms with E-state index < -0.39 is 0 Å². The molecule has 0 N–H and O–H groups in total. The van der Waals surface area contributed by atoms with E-state index in [0.717, 1.165) is 48.3 Å². The first-order valence-electron chi connectivity index (χ1n) is 9.63. The minimum absolute atomic E-state index is 0.496. The van der Waals surface area contributed by atoms with Crippen molar-refractivity contribution in [3.8, 4) is 0 Å². The number of hydrogen-bond acceptors (Lipinski definition) is 7. The van der Waals surface area contributed by atoms with Gasteiger partial charge in [0.2, 0.25) is 0 Å². The zero-order valence-electron chi connectivity index (χ0n) is 15.8. The molecule has 0 aromatic carbocycles. The highest BCUT2D eigenvalue weighted by Gasteiger charge is 2.32. The Morgan fingerprint density at radius 1 is 1.11 bits per heavy atom. The first-order chi connectivity index (χ1) is 13.2. The summed E-state index contributed by atoms with van der Waals surface area (Å²) >= 11 is 0. The van der Waals surface area contributed by atoms with Crippen LogP contribution < -0.4 is 4.90 Å². The quantitative estimate of drug-likeness (QED) is 0.683. The molecule has 27 heavy (non-hydrogen) atoms. The number of nitrogens with zero attached hydrogens (tertiary/aromatic N) is 8. The molecule has 0 atom stereocenters. The molecule has 0 spiro atoms. The lowest BCUT2D eigenvalue weighted by Gasteiger charge is -2.44. The largest absolute Gasteiger partial charge is 0.352 e. The third-order valence-electron chi connectivity index (χ3n) is 5.93. The van der Waals surface area contributed by atoms with Crippen LogP contribution in [-0.4, -0.2) is 60.9 Å². The predicted octanol–water partition coefficient (Wildman–Crippen LogP) is 1.81. The first kappa shape index (κ1) is 16.6. The Kier molecular flexibility index (Phi) is 4.00. The maximum Gasteiger partial charge on any atom is 0.178 e. The molecule has 8 nitrogen and oxygen atoms in total. The fraction of sp³-hybridized carbons (Fsp3) is 0.526. The van der Waals surface area contributed by atoms with Crippen LogP contribution in [0.4, 0.5) is 5.82 Å². The van der Waals surface area contributed by atoms with E-state index in [0.29, 0.717) is 12.0 Å². The summed E-state index contributed by atoms with van der Waals surface area (Å²) in [5, 5.41) is 13.5. The third-order valence-corrected chi connectivity index (χ3v) is 5.93. The fourth-order valence-corrected chi connectivity index (χ4v) is 3.76. The molecule has 0 unspecified atom stereocenters. The summed E-state index contributed by atoms with van der Waals surface area (Å²) in [5.41, 5.74) is 2.89.